The van der Waals surface area contributed by atoms with Crippen LogP contribution in [0.5, 0.6) is 0 Å². The lowest BCUT2D eigenvalue weighted by Gasteiger charge is -2.10. The number of fused-ring (bicyclic) bond motifs is 1. The van der Waals surface area contributed by atoms with Gasteiger partial charge < -0.3 is 0 Å². The van der Waals surface area contributed by atoms with Crippen molar-refractivity contribution in [2.24, 2.45) is 0 Å². The van der Waals surface area contributed by atoms with E-state index in [1.807, 2.05) is 0 Å². The van der Waals surface area contributed by atoms with Crippen molar-refractivity contribution in [2.75, 3.05) is 6.26 Å². The zero-order valence-corrected chi connectivity index (χ0v) is 19.1. The second kappa shape index (κ2) is 8.48. The summed E-state index contributed by atoms with van der Waals surface area (Å²) in [7, 11) is -3.89. The number of nitrogens with zero attached hydrogens (tertiary/aromatic N) is 3. The highest BCUT2D eigenvalue weighted by molar-refractivity contribution is 7.89. The molecule has 1 amide bonds. The maximum absolute atomic E-state index is 14.8. The molecule has 0 aliphatic carbocycles. The molecule has 0 aliphatic rings. The van der Waals surface area contributed by atoms with E-state index in [1.54, 1.807) is 47.2 Å². The summed E-state index contributed by atoms with van der Waals surface area (Å²) < 4.78 is 40.6. The lowest BCUT2D eigenvalue weighted by atomic mass is 10.1. The van der Waals surface area contributed by atoms with Gasteiger partial charge in [-0.15, -0.1) is 0 Å². The summed E-state index contributed by atoms with van der Waals surface area (Å²) in [6.45, 7) is 0. The van der Waals surface area contributed by atoms with Crippen molar-refractivity contribution in [3.8, 4) is 23.0 Å². The molecule has 1 aromatic heterocycles. The molecule has 4 rings (SSSR count). The van der Waals surface area contributed by atoms with E-state index < -0.39 is 27.3 Å². The molecule has 0 atom stereocenters. The van der Waals surface area contributed by atoms with Crippen LogP contribution in [0.25, 0.3) is 27.8 Å². The van der Waals surface area contributed by atoms with E-state index in [1.165, 1.54) is 4.68 Å². The van der Waals surface area contributed by atoms with Gasteiger partial charge in [0.2, 0.25) is 10.0 Å². The van der Waals surface area contributed by atoms with E-state index in [9.17, 15) is 22.9 Å². The first-order valence-electron chi connectivity index (χ1n) is 9.28. The molecule has 1 N–H and O–H groups in total. The first kappa shape index (κ1) is 22.7. The number of carbonyl (C=O) groups excluding carboxylic acids is 1. The van der Waals surface area contributed by atoms with Crippen molar-refractivity contribution in [1.82, 2.24) is 14.5 Å². The third-order valence-electron chi connectivity index (χ3n) is 4.69. The second-order valence-electron chi connectivity index (χ2n) is 7.10. The molecule has 0 bridgehead atoms. The predicted octanol–water partition coefficient (Wildman–Crippen LogP) is 4.70. The number of nitriles is 1. The zero-order chi connectivity index (χ0) is 23.9. The third-order valence-corrected chi connectivity index (χ3v) is 5.79. The lowest BCUT2D eigenvalue weighted by Crippen LogP contribution is -2.30. The highest BCUT2D eigenvalue weighted by Gasteiger charge is 2.21. The third kappa shape index (κ3) is 4.54. The summed E-state index contributed by atoms with van der Waals surface area (Å²) in [4.78, 5) is 12.1. The molecule has 3 aromatic carbocycles. The van der Waals surface area contributed by atoms with Crippen LogP contribution in [-0.2, 0) is 10.0 Å². The standard InChI is InChI=1S/C22H13Cl2FN4O3S/c1-33(31,32)28-22(30)15-9-17(24)20(10-18(15)25)29-19-6-5-14(23)8-16(19)21(27-29)13-4-2-3-12(7-13)11-26/h2-10H,1H3,(H,28,30). The average molecular weight is 503 g/mol. The van der Waals surface area contributed by atoms with Gasteiger partial charge in [-0.3, -0.25) is 4.79 Å². The normalized spacial score (nSPS) is 11.4. The number of benzene rings is 3. The van der Waals surface area contributed by atoms with Crippen molar-refractivity contribution in [3.63, 3.8) is 0 Å². The van der Waals surface area contributed by atoms with Crippen LogP contribution in [0.15, 0.2) is 54.6 Å². The van der Waals surface area contributed by atoms with Crippen LogP contribution in [0, 0.1) is 17.1 Å². The Morgan fingerprint density at radius 1 is 1.15 bits per heavy atom. The maximum Gasteiger partial charge on any atom is 0.267 e. The lowest BCUT2D eigenvalue weighted by molar-refractivity contribution is 0.0978. The molecule has 11 heteroatoms. The molecule has 0 fully saturated rings. The number of halogens is 3. The molecule has 4 aromatic rings. The van der Waals surface area contributed by atoms with Crippen molar-refractivity contribution in [3.05, 3.63) is 81.6 Å². The molecule has 0 radical (unpaired) electrons. The van der Waals surface area contributed by atoms with Gasteiger partial charge in [-0.1, -0.05) is 35.3 Å². The minimum Gasteiger partial charge on any atom is -0.268 e. The van der Waals surface area contributed by atoms with Gasteiger partial charge in [0.25, 0.3) is 5.91 Å². The Kier molecular flexibility index (Phi) is 5.84. The Morgan fingerprint density at radius 2 is 1.91 bits per heavy atom. The minimum atomic E-state index is -3.89. The van der Waals surface area contributed by atoms with Crippen LogP contribution in [0.2, 0.25) is 10.0 Å². The molecule has 0 aliphatic heterocycles. The number of hydrogen-bond donors (Lipinski definition) is 1. The van der Waals surface area contributed by atoms with Gasteiger partial charge in [0, 0.05) is 22.0 Å². The van der Waals surface area contributed by atoms with Crippen molar-refractivity contribution in [1.29, 1.82) is 5.26 Å². The summed E-state index contributed by atoms with van der Waals surface area (Å²) in [6, 6.07) is 15.9. The average Bonchev–Trinajstić information content (AvgIpc) is 3.12. The van der Waals surface area contributed by atoms with Crippen molar-refractivity contribution < 1.29 is 17.6 Å². The number of nitrogens with one attached hydrogen (secondary N) is 1. The van der Waals surface area contributed by atoms with Crippen LogP contribution < -0.4 is 4.72 Å². The molecule has 166 valence electrons. The van der Waals surface area contributed by atoms with E-state index in [2.05, 4.69) is 11.2 Å². The van der Waals surface area contributed by atoms with Crippen molar-refractivity contribution >= 4 is 50.0 Å². The van der Waals surface area contributed by atoms with Gasteiger partial charge in [-0.2, -0.15) is 10.4 Å². The highest BCUT2D eigenvalue weighted by Crippen LogP contribution is 2.34. The fourth-order valence-electron chi connectivity index (χ4n) is 3.32. The second-order valence-corrected chi connectivity index (χ2v) is 9.69. The SMILES string of the molecule is CS(=O)(=O)NC(=O)c1cc(Cl)c(-n2nc(-c3cccc(C#N)c3)c3cc(Cl)ccc32)cc1F. The number of sulfonamides is 1. The minimum absolute atomic E-state index is 0.0354. The van der Waals surface area contributed by atoms with Gasteiger partial charge in [-0.05, 0) is 36.4 Å². The first-order chi connectivity index (χ1) is 15.6. The van der Waals surface area contributed by atoms with E-state index in [4.69, 9.17) is 23.2 Å². The van der Waals surface area contributed by atoms with Crippen LogP contribution in [0.4, 0.5) is 4.39 Å². The monoisotopic (exact) mass is 502 g/mol. The van der Waals surface area contributed by atoms with Gasteiger partial charge >= 0.3 is 0 Å². The number of aromatic nitrogens is 2. The Labute approximate surface area is 198 Å². The van der Waals surface area contributed by atoms with Crippen LogP contribution in [0.1, 0.15) is 15.9 Å². The van der Waals surface area contributed by atoms with E-state index in [-0.39, 0.29) is 10.7 Å². The molecule has 0 saturated carbocycles. The summed E-state index contributed by atoms with van der Waals surface area (Å²) >= 11 is 12.5. The van der Waals surface area contributed by atoms with E-state index >= 15 is 0 Å². The Balaban J connectivity index is 1.91. The summed E-state index contributed by atoms with van der Waals surface area (Å²) in [6.07, 6.45) is 0.780. The van der Waals surface area contributed by atoms with Crippen LogP contribution >= 0.6 is 23.2 Å². The van der Waals surface area contributed by atoms with Gasteiger partial charge in [0.15, 0.2) is 0 Å². The molecule has 33 heavy (non-hydrogen) atoms. The summed E-state index contributed by atoms with van der Waals surface area (Å²) in [5, 5.41) is 14.9. The molecule has 1 heterocycles. The van der Waals surface area contributed by atoms with Crippen LogP contribution in [-0.4, -0.2) is 30.4 Å². The smallest absolute Gasteiger partial charge is 0.267 e. The molecule has 0 spiro atoms. The Morgan fingerprint density at radius 3 is 2.61 bits per heavy atom. The zero-order valence-electron chi connectivity index (χ0n) is 16.8. The largest absolute Gasteiger partial charge is 0.268 e. The van der Waals surface area contributed by atoms with Gasteiger partial charge in [0.05, 0.1) is 39.7 Å². The molecular weight excluding hydrogens is 490 g/mol. The predicted molar refractivity (Wildman–Crippen MR) is 124 cm³/mol. The highest BCUT2D eigenvalue weighted by atomic mass is 35.5. The summed E-state index contributed by atoms with van der Waals surface area (Å²) in [5.74, 6) is -2.13. The number of amides is 1. The van der Waals surface area contributed by atoms with Crippen molar-refractivity contribution in [2.45, 2.75) is 0 Å². The molecule has 0 saturated heterocycles. The quantitative estimate of drug-likeness (QED) is 0.435. The number of carbonyl (C=O) groups is 1. The van der Waals surface area contributed by atoms with Gasteiger partial charge in [0.1, 0.15) is 11.5 Å². The summed E-state index contributed by atoms with van der Waals surface area (Å²) in [5.41, 5.74) is 1.70. The van der Waals surface area contributed by atoms with Gasteiger partial charge in [-0.25, -0.2) is 22.2 Å². The Bertz CT molecular complexity index is 1590. The fourth-order valence-corrected chi connectivity index (χ4v) is 4.18. The fraction of sp³-hybridized carbons (Fsp3) is 0.0455. The number of hydrogen-bond acceptors (Lipinski definition) is 5. The van der Waals surface area contributed by atoms with E-state index in [0.29, 0.717) is 32.7 Å². The molecule has 0 unspecified atom stereocenters. The maximum atomic E-state index is 14.8. The topological polar surface area (TPSA) is 105 Å². The number of rotatable bonds is 4. The first-order valence-corrected chi connectivity index (χ1v) is 11.9. The molecule has 7 nitrogen and oxygen atoms in total. The Hall–Kier alpha value is -3.45. The van der Waals surface area contributed by atoms with Crippen LogP contribution in [0.3, 0.4) is 0 Å². The van der Waals surface area contributed by atoms with E-state index in [0.717, 1.165) is 18.4 Å². The molecular formula is C22H13Cl2FN4O3S.